The largest absolute Gasteiger partial charge is 0.350 e. The smallest absolute Gasteiger partial charge is 0.278 e. The number of aryl methyl sites for hydroxylation is 1. The summed E-state index contributed by atoms with van der Waals surface area (Å²) >= 11 is 7.46. The first-order valence-electron chi connectivity index (χ1n) is 8.62. The Bertz CT molecular complexity index is 1080. The maximum atomic E-state index is 13.1. The number of nitrogens with zero attached hydrogens (tertiary/aromatic N) is 2. The van der Waals surface area contributed by atoms with Crippen LogP contribution >= 0.6 is 22.9 Å². The third-order valence-corrected chi connectivity index (χ3v) is 5.55. The van der Waals surface area contributed by atoms with Crippen molar-refractivity contribution >= 4 is 46.0 Å². The van der Waals surface area contributed by atoms with Gasteiger partial charge in [0.2, 0.25) is 0 Å². The van der Waals surface area contributed by atoms with Gasteiger partial charge in [-0.15, -0.1) is 11.3 Å². The van der Waals surface area contributed by atoms with Crippen LogP contribution in [-0.2, 0) is 16.1 Å². The summed E-state index contributed by atoms with van der Waals surface area (Å²) in [7, 11) is 0. The molecule has 0 radical (unpaired) electrons. The van der Waals surface area contributed by atoms with Gasteiger partial charge in [-0.3, -0.25) is 19.5 Å². The Hall–Kier alpha value is -2.96. The second kappa shape index (κ2) is 7.58. The second-order valence-corrected chi connectivity index (χ2v) is 7.71. The van der Waals surface area contributed by atoms with Crippen molar-refractivity contribution in [2.24, 2.45) is 0 Å². The highest BCUT2D eigenvalue weighted by Crippen LogP contribution is 2.34. The fraction of sp³-hybridized carbons (Fsp3) is 0.0952. The Labute approximate surface area is 171 Å². The van der Waals surface area contributed by atoms with Gasteiger partial charge in [0.05, 0.1) is 17.8 Å². The van der Waals surface area contributed by atoms with Gasteiger partial charge in [-0.25, -0.2) is 0 Å². The van der Waals surface area contributed by atoms with Crippen molar-refractivity contribution in [2.75, 3.05) is 5.32 Å². The average Bonchev–Trinajstić information content (AvgIpc) is 3.28. The molecule has 0 atom stereocenters. The van der Waals surface area contributed by atoms with E-state index in [0.717, 1.165) is 16.1 Å². The molecule has 1 aromatic carbocycles. The van der Waals surface area contributed by atoms with Crippen molar-refractivity contribution in [1.82, 2.24) is 9.88 Å². The maximum absolute atomic E-state index is 13.1. The van der Waals surface area contributed by atoms with Gasteiger partial charge in [-0.2, -0.15) is 0 Å². The highest BCUT2D eigenvalue weighted by atomic mass is 35.5. The van der Waals surface area contributed by atoms with Crippen LogP contribution < -0.4 is 5.32 Å². The highest BCUT2D eigenvalue weighted by Gasteiger charge is 2.39. The second-order valence-electron chi connectivity index (χ2n) is 6.33. The summed E-state index contributed by atoms with van der Waals surface area (Å²) in [5, 5.41) is 5.66. The van der Waals surface area contributed by atoms with Gasteiger partial charge in [-0.1, -0.05) is 23.7 Å². The number of rotatable bonds is 5. The molecule has 1 aliphatic heterocycles. The van der Waals surface area contributed by atoms with E-state index in [1.807, 2.05) is 36.6 Å². The molecular weight excluding hydrogens is 394 g/mol. The third-order valence-electron chi connectivity index (χ3n) is 4.43. The summed E-state index contributed by atoms with van der Waals surface area (Å²) < 4.78 is 0. The number of hydrogen-bond acceptors (Lipinski definition) is 5. The molecule has 2 amide bonds. The summed E-state index contributed by atoms with van der Waals surface area (Å²) in [5.41, 5.74) is 2.92. The van der Waals surface area contributed by atoms with E-state index in [4.69, 9.17) is 11.6 Å². The molecule has 28 heavy (non-hydrogen) atoms. The fourth-order valence-corrected chi connectivity index (χ4v) is 4.04. The van der Waals surface area contributed by atoms with E-state index in [2.05, 4.69) is 10.3 Å². The van der Waals surface area contributed by atoms with Crippen molar-refractivity contribution in [2.45, 2.75) is 13.5 Å². The van der Waals surface area contributed by atoms with Crippen molar-refractivity contribution in [3.8, 4) is 0 Å². The molecule has 0 saturated carbocycles. The first-order chi connectivity index (χ1) is 13.5. The van der Waals surface area contributed by atoms with Crippen molar-refractivity contribution in [3.63, 3.8) is 0 Å². The number of thiophene rings is 1. The predicted molar refractivity (Wildman–Crippen MR) is 111 cm³/mol. The molecule has 3 heterocycles. The SMILES string of the molecule is Cc1cc(Cl)ccc1NC1=C(c2cccs2)C(=O)N(Cc2ccccn2)C1=O. The zero-order chi connectivity index (χ0) is 19.7. The van der Waals surface area contributed by atoms with E-state index in [9.17, 15) is 9.59 Å². The minimum atomic E-state index is -0.367. The Balaban J connectivity index is 1.73. The zero-order valence-electron chi connectivity index (χ0n) is 15.0. The van der Waals surface area contributed by atoms with Crippen LogP contribution in [0.4, 0.5) is 5.69 Å². The number of nitrogens with one attached hydrogen (secondary N) is 1. The van der Waals surface area contributed by atoms with Gasteiger partial charge in [0, 0.05) is 21.8 Å². The Kier molecular flexibility index (Phi) is 4.98. The number of carbonyl (C=O) groups excluding carboxylic acids is 2. The van der Waals surface area contributed by atoms with E-state index < -0.39 is 0 Å². The quantitative estimate of drug-likeness (QED) is 0.630. The van der Waals surface area contributed by atoms with E-state index >= 15 is 0 Å². The summed E-state index contributed by atoms with van der Waals surface area (Å²) in [5.74, 6) is -0.694. The first-order valence-corrected chi connectivity index (χ1v) is 9.88. The number of aromatic nitrogens is 1. The number of hydrogen-bond donors (Lipinski definition) is 1. The van der Waals surface area contributed by atoms with Crippen LogP contribution in [0.2, 0.25) is 5.02 Å². The van der Waals surface area contributed by atoms with Crippen molar-refractivity contribution < 1.29 is 9.59 Å². The molecule has 1 aliphatic rings. The number of anilines is 1. The highest BCUT2D eigenvalue weighted by molar-refractivity contribution is 7.11. The molecule has 140 valence electrons. The molecule has 4 rings (SSSR count). The predicted octanol–water partition coefficient (Wildman–Crippen LogP) is 4.50. The van der Waals surface area contributed by atoms with Gasteiger partial charge in [-0.05, 0) is 54.3 Å². The molecule has 2 aromatic heterocycles. The number of imide groups is 1. The monoisotopic (exact) mass is 409 g/mol. The van der Waals surface area contributed by atoms with Crippen LogP contribution in [0.3, 0.4) is 0 Å². The van der Waals surface area contributed by atoms with Crippen LogP contribution in [-0.4, -0.2) is 21.7 Å². The Morgan fingerprint density at radius 1 is 1.11 bits per heavy atom. The molecule has 0 aliphatic carbocycles. The lowest BCUT2D eigenvalue weighted by Crippen LogP contribution is -2.32. The summed E-state index contributed by atoms with van der Waals surface area (Å²) in [6.07, 6.45) is 1.64. The number of halogens is 1. The lowest BCUT2D eigenvalue weighted by Gasteiger charge is -2.15. The molecule has 0 saturated heterocycles. The standard InChI is InChI=1S/C21H16ClN3O2S/c1-13-11-14(22)7-8-16(13)24-19-18(17-6-4-10-28-17)20(26)25(21(19)27)12-15-5-2-3-9-23-15/h2-11,24H,12H2,1H3. The van der Waals surface area contributed by atoms with E-state index in [-0.39, 0.29) is 24.1 Å². The lowest BCUT2D eigenvalue weighted by atomic mass is 10.1. The number of amides is 2. The summed E-state index contributed by atoms with van der Waals surface area (Å²) in [6.45, 7) is 2.02. The van der Waals surface area contributed by atoms with Gasteiger partial charge in [0.15, 0.2) is 0 Å². The first kappa shape index (κ1) is 18.4. The molecule has 5 nitrogen and oxygen atoms in total. The van der Waals surface area contributed by atoms with E-state index in [0.29, 0.717) is 16.3 Å². The lowest BCUT2D eigenvalue weighted by molar-refractivity contribution is -0.137. The molecule has 0 bridgehead atoms. The topological polar surface area (TPSA) is 62.3 Å². The minimum Gasteiger partial charge on any atom is -0.350 e. The van der Waals surface area contributed by atoms with Crippen LogP contribution in [0.15, 0.2) is 65.8 Å². The molecular formula is C21H16ClN3O2S. The van der Waals surface area contributed by atoms with Crippen LogP contribution in [0.1, 0.15) is 16.1 Å². The molecule has 1 N–H and O–H groups in total. The zero-order valence-corrected chi connectivity index (χ0v) is 16.6. The minimum absolute atomic E-state index is 0.123. The summed E-state index contributed by atoms with van der Waals surface area (Å²) in [4.78, 5) is 32.5. The van der Waals surface area contributed by atoms with E-state index in [1.54, 1.807) is 30.5 Å². The molecule has 0 unspecified atom stereocenters. The average molecular weight is 410 g/mol. The number of pyridine rings is 1. The Morgan fingerprint density at radius 2 is 1.96 bits per heavy atom. The van der Waals surface area contributed by atoms with Gasteiger partial charge < -0.3 is 5.32 Å². The van der Waals surface area contributed by atoms with Gasteiger partial charge in [0.25, 0.3) is 11.8 Å². The molecule has 3 aromatic rings. The molecule has 0 fully saturated rings. The molecule has 0 spiro atoms. The Morgan fingerprint density at radius 3 is 2.64 bits per heavy atom. The van der Waals surface area contributed by atoms with Crippen molar-refractivity contribution in [3.05, 3.63) is 87.0 Å². The van der Waals surface area contributed by atoms with Gasteiger partial charge >= 0.3 is 0 Å². The van der Waals surface area contributed by atoms with Crippen molar-refractivity contribution in [1.29, 1.82) is 0 Å². The van der Waals surface area contributed by atoms with Crippen LogP contribution in [0.5, 0.6) is 0 Å². The van der Waals surface area contributed by atoms with Crippen LogP contribution in [0, 0.1) is 6.92 Å². The van der Waals surface area contributed by atoms with E-state index in [1.165, 1.54) is 16.2 Å². The maximum Gasteiger partial charge on any atom is 0.278 e. The number of benzene rings is 1. The van der Waals surface area contributed by atoms with Gasteiger partial charge in [0.1, 0.15) is 5.70 Å². The van der Waals surface area contributed by atoms with Crippen LogP contribution in [0.25, 0.3) is 5.57 Å². The normalized spacial score (nSPS) is 14.1. The number of carbonyl (C=O) groups is 2. The third kappa shape index (κ3) is 3.44. The summed E-state index contributed by atoms with van der Waals surface area (Å²) in [6, 6.07) is 14.5. The fourth-order valence-electron chi connectivity index (χ4n) is 3.04. The molecule has 7 heteroatoms.